The molecule has 0 aliphatic carbocycles. The van der Waals surface area contributed by atoms with Gasteiger partial charge in [0.15, 0.2) is 5.82 Å². The van der Waals surface area contributed by atoms with Crippen molar-refractivity contribution in [3.8, 4) is 5.75 Å². The second-order valence-corrected chi connectivity index (χ2v) is 4.04. The highest BCUT2D eigenvalue weighted by atomic mass is 19.4. The molecule has 1 aromatic carbocycles. The third-order valence-corrected chi connectivity index (χ3v) is 2.71. The topological polar surface area (TPSA) is 39.9 Å². The monoisotopic (exact) mass is 271 g/mol. The third-order valence-electron chi connectivity index (χ3n) is 2.71. The lowest BCUT2D eigenvalue weighted by molar-refractivity contribution is -0.137. The highest BCUT2D eigenvalue weighted by Crippen LogP contribution is 2.31. The maximum Gasteiger partial charge on any atom is 0.416 e. The zero-order chi connectivity index (χ0) is 14.0. The normalized spacial score (nSPS) is 11.6. The van der Waals surface area contributed by atoms with Crippen LogP contribution in [0.15, 0.2) is 24.3 Å². The van der Waals surface area contributed by atoms with Crippen molar-refractivity contribution in [2.75, 3.05) is 0 Å². The second-order valence-electron chi connectivity index (χ2n) is 4.04. The standard InChI is InChI=1S/C12H12F3N3O/c1-8-16-17-11(18(8)2)7-19-10-5-3-4-9(6-10)12(13,14)15/h3-6H,7H2,1-2H3. The summed E-state index contributed by atoms with van der Waals surface area (Å²) in [5, 5.41) is 7.71. The van der Waals surface area contributed by atoms with E-state index in [-0.39, 0.29) is 12.4 Å². The van der Waals surface area contributed by atoms with Gasteiger partial charge in [-0.1, -0.05) is 6.07 Å². The van der Waals surface area contributed by atoms with Crippen LogP contribution >= 0.6 is 0 Å². The number of benzene rings is 1. The van der Waals surface area contributed by atoms with Crippen molar-refractivity contribution in [3.63, 3.8) is 0 Å². The molecule has 0 atom stereocenters. The van der Waals surface area contributed by atoms with Crippen LogP contribution in [-0.4, -0.2) is 14.8 Å². The van der Waals surface area contributed by atoms with Gasteiger partial charge in [-0.25, -0.2) is 0 Å². The molecule has 4 nitrogen and oxygen atoms in total. The first-order valence-corrected chi connectivity index (χ1v) is 5.53. The van der Waals surface area contributed by atoms with E-state index >= 15 is 0 Å². The van der Waals surface area contributed by atoms with E-state index < -0.39 is 11.7 Å². The molecular weight excluding hydrogens is 259 g/mol. The van der Waals surface area contributed by atoms with Crippen LogP contribution in [0.1, 0.15) is 17.2 Å². The van der Waals surface area contributed by atoms with Gasteiger partial charge in [-0.05, 0) is 25.1 Å². The lowest BCUT2D eigenvalue weighted by atomic mass is 10.2. The molecular formula is C12H12F3N3O. The number of aromatic nitrogens is 3. The van der Waals surface area contributed by atoms with Crippen LogP contribution in [0.4, 0.5) is 13.2 Å². The molecule has 0 N–H and O–H groups in total. The lowest BCUT2D eigenvalue weighted by Gasteiger charge is -2.10. The van der Waals surface area contributed by atoms with Crippen LogP contribution in [0.2, 0.25) is 0 Å². The summed E-state index contributed by atoms with van der Waals surface area (Å²) in [6, 6.07) is 4.74. The minimum absolute atomic E-state index is 0.0681. The minimum atomic E-state index is -4.37. The Labute approximate surface area is 107 Å². The van der Waals surface area contributed by atoms with Gasteiger partial charge in [0.1, 0.15) is 18.2 Å². The average Bonchev–Trinajstić information content (AvgIpc) is 2.67. The van der Waals surface area contributed by atoms with Crippen LogP contribution in [-0.2, 0) is 19.8 Å². The number of hydrogen-bond donors (Lipinski definition) is 0. The first kappa shape index (κ1) is 13.4. The van der Waals surface area contributed by atoms with Crippen LogP contribution < -0.4 is 4.74 Å². The molecule has 0 saturated carbocycles. The van der Waals surface area contributed by atoms with E-state index in [4.69, 9.17) is 4.74 Å². The fourth-order valence-corrected chi connectivity index (χ4v) is 1.49. The van der Waals surface area contributed by atoms with Gasteiger partial charge < -0.3 is 9.30 Å². The Morgan fingerprint density at radius 1 is 1.26 bits per heavy atom. The van der Waals surface area contributed by atoms with Crippen LogP contribution in [0, 0.1) is 6.92 Å². The van der Waals surface area contributed by atoms with Crippen LogP contribution in [0.3, 0.4) is 0 Å². The first-order valence-electron chi connectivity index (χ1n) is 5.53. The number of aryl methyl sites for hydroxylation is 1. The maximum atomic E-state index is 12.5. The van der Waals surface area contributed by atoms with Crippen molar-refractivity contribution in [2.24, 2.45) is 7.05 Å². The summed E-state index contributed by atoms with van der Waals surface area (Å²) in [6.45, 7) is 1.85. The molecule has 0 bridgehead atoms. The number of ether oxygens (including phenoxy) is 1. The van der Waals surface area contributed by atoms with E-state index in [1.54, 1.807) is 18.5 Å². The van der Waals surface area contributed by atoms with Crippen molar-refractivity contribution in [1.82, 2.24) is 14.8 Å². The van der Waals surface area contributed by atoms with E-state index in [0.29, 0.717) is 11.6 Å². The Morgan fingerprint density at radius 3 is 2.58 bits per heavy atom. The van der Waals surface area contributed by atoms with E-state index in [2.05, 4.69) is 10.2 Å². The van der Waals surface area contributed by atoms with Gasteiger partial charge in [0, 0.05) is 7.05 Å². The number of halogens is 3. The molecule has 0 unspecified atom stereocenters. The molecule has 0 fully saturated rings. The molecule has 0 radical (unpaired) electrons. The Hall–Kier alpha value is -2.05. The molecule has 0 saturated heterocycles. The molecule has 102 valence electrons. The molecule has 0 aliphatic rings. The molecule has 7 heteroatoms. The number of rotatable bonds is 3. The van der Waals surface area contributed by atoms with Gasteiger partial charge in [-0.3, -0.25) is 0 Å². The molecule has 0 amide bonds. The first-order chi connectivity index (χ1) is 8.88. The summed E-state index contributed by atoms with van der Waals surface area (Å²) >= 11 is 0. The Balaban J connectivity index is 2.10. The third kappa shape index (κ3) is 3.04. The van der Waals surface area contributed by atoms with Gasteiger partial charge >= 0.3 is 6.18 Å². The van der Waals surface area contributed by atoms with Crippen LogP contribution in [0.5, 0.6) is 5.75 Å². The second kappa shape index (κ2) is 4.91. The molecule has 19 heavy (non-hydrogen) atoms. The summed E-state index contributed by atoms with van der Waals surface area (Å²) in [5.41, 5.74) is -0.737. The van der Waals surface area contributed by atoms with Gasteiger partial charge in [0.25, 0.3) is 0 Å². The maximum absolute atomic E-state index is 12.5. The summed E-state index contributed by atoms with van der Waals surface area (Å²) in [7, 11) is 1.76. The molecule has 2 aromatic rings. The Bertz CT molecular complexity index is 578. The zero-order valence-electron chi connectivity index (χ0n) is 10.4. The Kier molecular flexibility index (Phi) is 3.46. The Morgan fingerprint density at radius 2 is 2.00 bits per heavy atom. The van der Waals surface area contributed by atoms with Gasteiger partial charge in [-0.2, -0.15) is 13.2 Å². The van der Waals surface area contributed by atoms with Crippen LogP contribution in [0.25, 0.3) is 0 Å². The summed E-state index contributed by atoms with van der Waals surface area (Å²) < 4.78 is 44.6. The summed E-state index contributed by atoms with van der Waals surface area (Å²) in [5.74, 6) is 1.41. The molecule has 1 heterocycles. The zero-order valence-corrected chi connectivity index (χ0v) is 10.4. The van der Waals surface area contributed by atoms with Crippen molar-refractivity contribution in [2.45, 2.75) is 19.7 Å². The molecule has 0 aliphatic heterocycles. The average molecular weight is 271 g/mol. The fraction of sp³-hybridized carbons (Fsp3) is 0.333. The highest BCUT2D eigenvalue weighted by Gasteiger charge is 2.30. The van der Waals surface area contributed by atoms with E-state index in [1.807, 2.05) is 0 Å². The van der Waals surface area contributed by atoms with E-state index in [1.165, 1.54) is 12.1 Å². The SMILES string of the molecule is Cc1nnc(COc2cccc(C(F)(F)F)c2)n1C. The molecule has 1 aromatic heterocycles. The largest absolute Gasteiger partial charge is 0.486 e. The molecule has 0 spiro atoms. The van der Waals surface area contributed by atoms with Crippen molar-refractivity contribution in [3.05, 3.63) is 41.5 Å². The molecule has 2 rings (SSSR count). The highest BCUT2D eigenvalue weighted by molar-refractivity contribution is 5.30. The van der Waals surface area contributed by atoms with Gasteiger partial charge in [0.05, 0.1) is 5.56 Å². The lowest BCUT2D eigenvalue weighted by Crippen LogP contribution is -2.07. The smallest absolute Gasteiger partial charge is 0.416 e. The van der Waals surface area contributed by atoms with E-state index in [0.717, 1.165) is 12.1 Å². The quantitative estimate of drug-likeness (QED) is 0.861. The number of nitrogens with zero attached hydrogens (tertiary/aromatic N) is 3. The summed E-state index contributed by atoms with van der Waals surface area (Å²) in [4.78, 5) is 0. The minimum Gasteiger partial charge on any atom is -0.486 e. The predicted molar refractivity (Wildman–Crippen MR) is 61.5 cm³/mol. The van der Waals surface area contributed by atoms with Crippen molar-refractivity contribution >= 4 is 0 Å². The fourth-order valence-electron chi connectivity index (χ4n) is 1.49. The summed E-state index contributed by atoms with van der Waals surface area (Å²) in [6.07, 6.45) is -4.37. The van der Waals surface area contributed by atoms with Gasteiger partial charge in [0.2, 0.25) is 0 Å². The van der Waals surface area contributed by atoms with Gasteiger partial charge in [-0.15, -0.1) is 10.2 Å². The number of alkyl halides is 3. The van der Waals surface area contributed by atoms with Crippen molar-refractivity contribution in [1.29, 1.82) is 0 Å². The van der Waals surface area contributed by atoms with E-state index in [9.17, 15) is 13.2 Å². The predicted octanol–water partition coefficient (Wildman–Crippen LogP) is 2.72. The van der Waals surface area contributed by atoms with Crippen molar-refractivity contribution < 1.29 is 17.9 Å². The number of hydrogen-bond acceptors (Lipinski definition) is 3.